The molecule has 0 spiro atoms. The Morgan fingerprint density at radius 1 is 0.500 bits per heavy atom. The topological polar surface area (TPSA) is 36.4 Å². The van der Waals surface area contributed by atoms with Crippen LogP contribution in [0.15, 0.2) is 71.8 Å². The third-order valence-corrected chi connectivity index (χ3v) is 12.4. The van der Waals surface area contributed by atoms with Gasteiger partial charge in [0.25, 0.3) is 0 Å². The van der Waals surface area contributed by atoms with Crippen LogP contribution in [0.1, 0.15) is 262 Å². The van der Waals surface area contributed by atoms with Gasteiger partial charge in [-0.2, -0.15) is 0 Å². The second-order valence-electron chi connectivity index (χ2n) is 18.2. The van der Waals surface area contributed by atoms with Gasteiger partial charge in [-0.3, -0.25) is 0 Å². The quantitative estimate of drug-likeness (QED) is 0.0160. The first-order chi connectivity index (χ1) is 30.6. The molecule has 0 saturated heterocycles. The Hall–Kier alpha value is -2.43. The Labute approximate surface area is 392 Å². The van der Waals surface area contributed by atoms with Crippen molar-refractivity contribution in [3.8, 4) is 0 Å². The summed E-state index contributed by atoms with van der Waals surface area (Å²) in [6.07, 6.45) is 50.6. The maximum atomic E-state index is 9.94. The van der Waals surface area contributed by atoms with Crippen molar-refractivity contribution >= 4 is 11.4 Å². The molecule has 354 valence electrons. The number of allylic oxidation sites excluding steroid dienone is 4. The van der Waals surface area contributed by atoms with E-state index < -0.39 is 0 Å². The van der Waals surface area contributed by atoms with Gasteiger partial charge in [-0.15, -0.1) is 4.79 Å². The molecule has 62 heavy (non-hydrogen) atoms. The van der Waals surface area contributed by atoms with Crippen LogP contribution in [0.2, 0.25) is 11.8 Å². The first kappa shape index (κ1) is 57.6. The van der Waals surface area contributed by atoms with Crippen molar-refractivity contribution in [1.82, 2.24) is 0 Å². The van der Waals surface area contributed by atoms with Gasteiger partial charge in [0.05, 0.1) is 0 Å². The number of nitrogens with zero attached hydrogens (tertiary/aromatic N) is 2. The zero-order valence-electron chi connectivity index (χ0n) is 41.7. The number of benzene rings is 2. The standard InChI is InChI=1S/C57H92N2.2CH3.Ni/c1-5-9-13-16-17-18-19-20-21-22-23-24-25-26-27-28-29-30-31-32-33-37-42-55(50-59-58)56(44-34-12-8-4)57(53-47-45-51(46-48-53)39-35-14-10-6-2)54-43-38-41-52(49-54)40-36-15-11-7-3;;;/h37-38,41-43,45-49H,5-36,39-40,44H2,1-4H3;2*1H3;. The van der Waals surface area contributed by atoms with Gasteiger partial charge in [-0.25, -0.2) is 0 Å². The minimum absolute atomic E-state index is 0.920. The summed E-state index contributed by atoms with van der Waals surface area (Å²) < 4.78 is 0. The van der Waals surface area contributed by atoms with Gasteiger partial charge in [0.1, 0.15) is 5.57 Å². The molecule has 0 aliphatic rings. The Morgan fingerprint density at radius 2 is 0.919 bits per heavy atom. The summed E-state index contributed by atoms with van der Waals surface area (Å²) in [4.78, 5) is 3.53. The van der Waals surface area contributed by atoms with Gasteiger partial charge in [0, 0.05) is 0 Å². The fraction of sp³-hybridized carbons (Fsp3) is 0.695. The molecule has 0 fully saturated rings. The van der Waals surface area contributed by atoms with Crippen LogP contribution in [0.25, 0.3) is 11.1 Å². The van der Waals surface area contributed by atoms with Crippen LogP contribution in [-0.2, 0) is 27.3 Å². The van der Waals surface area contributed by atoms with Gasteiger partial charge in [-0.1, -0.05) is 256 Å². The molecule has 0 radical (unpaired) electrons. The summed E-state index contributed by atoms with van der Waals surface area (Å²) in [5.74, 6) is 7.19. The van der Waals surface area contributed by atoms with Gasteiger partial charge in [0.15, 0.2) is 0 Å². The van der Waals surface area contributed by atoms with Crippen molar-refractivity contribution in [2.24, 2.45) is 0 Å². The van der Waals surface area contributed by atoms with Gasteiger partial charge in [-0.05, 0) is 90.8 Å². The van der Waals surface area contributed by atoms with Crippen LogP contribution in [0.4, 0.5) is 0 Å². The van der Waals surface area contributed by atoms with Crippen molar-refractivity contribution in [1.29, 1.82) is 0 Å². The van der Waals surface area contributed by atoms with E-state index in [-0.39, 0.29) is 0 Å². The summed E-state index contributed by atoms with van der Waals surface area (Å²) in [5, 5.41) is 0. The molecular formula is C59H98N2Ni. The predicted octanol–water partition coefficient (Wildman–Crippen LogP) is 20.1. The third-order valence-electron chi connectivity index (χ3n) is 12.4. The average Bonchev–Trinajstić information content (AvgIpc) is 3.28. The number of hydrogen-bond donors (Lipinski definition) is 0. The van der Waals surface area contributed by atoms with E-state index in [9.17, 15) is 5.53 Å². The van der Waals surface area contributed by atoms with E-state index in [2.05, 4.69) is 111 Å². The van der Waals surface area contributed by atoms with Crippen molar-refractivity contribution in [2.45, 2.75) is 264 Å². The van der Waals surface area contributed by atoms with Crippen LogP contribution in [0, 0.1) is 0 Å². The summed E-state index contributed by atoms with van der Waals surface area (Å²) in [6.45, 7) is 9.14. The Morgan fingerprint density at radius 3 is 1.39 bits per heavy atom. The van der Waals surface area contributed by atoms with Gasteiger partial charge in [0.2, 0.25) is 0 Å². The molecule has 0 aliphatic heterocycles. The maximum absolute atomic E-state index is 9.94. The van der Waals surface area contributed by atoms with Crippen molar-refractivity contribution in [3.63, 3.8) is 0 Å². The van der Waals surface area contributed by atoms with Crippen LogP contribution in [0.5, 0.6) is 0 Å². The summed E-state index contributed by atoms with van der Waals surface area (Å²) in [6, 6.07) is 18.6. The molecule has 0 heterocycles. The zero-order valence-corrected chi connectivity index (χ0v) is 42.7. The van der Waals surface area contributed by atoms with E-state index in [0.29, 0.717) is 0 Å². The molecule has 0 amide bonds. The van der Waals surface area contributed by atoms with Gasteiger partial charge < -0.3 is 5.53 Å². The molecule has 0 aliphatic carbocycles. The van der Waals surface area contributed by atoms with Crippen LogP contribution >= 0.6 is 0 Å². The van der Waals surface area contributed by atoms with Gasteiger partial charge >= 0.3 is 32.1 Å². The van der Waals surface area contributed by atoms with E-state index in [4.69, 9.17) is 0 Å². The Balaban J connectivity index is 0.00000621. The molecule has 2 nitrogen and oxygen atoms in total. The predicted molar refractivity (Wildman–Crippen MR) is 274 cm³/mol. The van der Waals surface area contributed by atoms with Crippen LogP contribution < -0.4 is 0 Å². The number of hydrogen-bond acceptors (Lipinski definition) is 0. The molecule has 0 saturated carbocycles. The zero-order chi connectivity index (χ0) is 45.0. The third kappa shape index (κ3) is 30.6. The Kier molecular flexibility index (Phi) is 40.7. The van der Waals surface area contributed by atoms with Crippen LogP contribution in [0.3, 0.4) is 0 Å². The second-order valence-corrected chi connectivity index (χ2v) is 19.2. The first-order valence-electron chi connectivity index (χ1n) is 26.4. The van der Waals surface area contributed by atoms with Crippen molar-refractivity contribution in [3.05, 3.63) is 99.6 Å². The first-order valence-corrected chi connectivity index (χ1v) is 28.3. The van der Waals surface area contributed by atoms with E-state index in [1.807, 2.05) is 0 Å². The summed E-state index contributed by atoms with van der Waals surface area (Å²) >= 11 is 1.62. The molecule has 3 heteroatoms. The summed E-state index contributed by atoms with van der Waals surface area (Å²) in [5.41, 5.74) is 18.7. The van der Waals surface area contributed by atoms with Crippen molar-refractivity contribution in [2.75, 3.05) is 0 Å². The van der Waals surface area contributed by atoms with Crippen molar-refractivity contribution < 1.29 is 19.2 Å². The molecule has 0 N–H and O–H groups in total. The molecule has 2 aromatic rings. The molecule has 2 rings (SSSR count). The number of unbranched alkanes of at least 4 members (excludes halogenated alkanes) is 28. The van der Waals surface area contributed by atoms with Crippen LogP contribution in [-0.4, -0.2) is 10.7 Å². The fourth-order valence-electron chi connectivity index (χ4n) is 8.67. The normalized spacial score (nSPS) is 11.6. The van der Waals surface area contributed by atoms with E-state index in [1.165, 1.54) is 226 Å². The van der Waals surface area contributed by atoms with E-state index in [0.717, 1.165) is 37.7 Å². The molecule has 0 atom stereocenters. The number of aryl methyl sites for hydroxylation is 2. The van der Waals surface area contributed by atoms with E-state index in [1.54, 1.807) is 14.4 Å². The fourth-order valence-corrected chi connectivity index (χ4v) is 8.67. The molecule has 2 aromatic carbocycles. The Bertz CT molecular complexity index is 1460. The van der Waals surface area contributed by atoms with E-state index >= 15 is 0 Å². The average molecular weight is 894 g/mol. The molecule has 0 unspecified atom stereocenters. The molecule has 0 aromatic heterocycles. The number of rotatable bonds is 39. The minimum atomic E-state index is 0.920. The molecule has 0 bridgehead atoms. The molecular weight excluding hydrogens is 795 g/mol. The second kappa shape index (κ2) is 43.8. The SMILES string of the molecule is CCCCCCCCCCCCCCCCCCCCCCC=CC(=C=[N+]=[N-])C(CCCCC)=C(c1ccc(CCCCCC)cc1)c1cccc(CCCCCC)c1.[CH3][Ni][CH3]. The monoisotopic (exact) mass is 893 g/mol. The summed E-state index contributed by atoms with van der Waals surface area (Å²) in [7, 11) is 0.